The molecule has 134 valence electrons. The highest BCUT2D eigenvalue weighted by Crippen LogP contribution is 2.28. The number of hydrogen-bond acceptors (Lipinski definition) is 4. The van der Waals surface area contributed by atoms with Gasteiger partial charge in [-0.1, -0.05) is 23.2 Å². The summed E-state index contributed by atoms with van der Waals surface area (Å²) in [6.45, 7) is 3.47. The average Bonchev–Trinajstić information content (AvgIpc) is 3.00. The van der Waals surface area contributed by atoms with Crippen LogP contribution in [0.15, 0.2) is 49.1 Å². The molecular formula is C18H17Cl2N5O. The van der Waals surface area contributed by atoms with E-state index in [0.717, 1.165) is 11.5 Å². The quantitative estimate of drug-likeness (QED) is 0.712. The van der Waals surface area contributed by atoms with Gasteiger partial charge in [-0.25, -0.2) is 4.98 Å². The van der Waals surface area contributed by atoms with E-state index in [2.05, 4.69) is 15.3 Å². The van der Waals surface area contributed by atoms with Crippen molar-refractivity contribution in [1.82, 2.24) is 14.5 Å². The number of carbonyl (C=O) groups is 1. The fraction of sp³-hybridized carbons (Fsp3) is 0.167. The molecule has 0 saturated carbocycles. The summed E-state index contributed by atoms with van der Waals surface area (Å²) in [6.07, 6.45) is 6.69. The molecule has 26 heavy (non-hydrogen) atoms. The molecule has 1 aromatic carbocycles. The van der Waals surface area contributed by atoms with Gasteiger partial charge in [0.2, 0.25) is 5.91 Å². The molecule has 0 aliphatic rings. The molecule has 0 saturated heterocycles. The van der Waals surface area contributed by atoms with Gasteiger partial charge in [-0.2, -0.15) is 0 Å². The molecule has 0 radical (unpaired) electrons. The number of nitrogens with one attached hydrogen (secondary N) is 1. The molecule has 0 aliphatic carbocycles. The van der Waals surface area contributed by atoms with E-state index in [4.69, 9.17) is 28.9 Å². The molecule has 0 fully saturated rings. The summed E-state index contributed by atoms with van der Waals surface area (Å²) in [7, 11) is 0. The van der Waals surface area contributed by atoms with Gasteiger partial charge in [0, 0.05) is 28.6 Å². The Labute approximate surface area is 161 Å². The Morgan fingerprint density at radius 1 is 1.23 bits per heavy atom. The third-order valence-electron chi connectivity index (χ3n) is 4.07. The number of hydrogen-bond donors (Lipinski definition) is 2. The molecule has 2 heterocycles. The topological polar surface area (TPSA) is 85.8 Å². The third-order valence-corrected chi connectivity index (χ3v) is 4.50. The van der Waals surface area contributed by atoms with Crippen LogP contribution in [0.5, 0.6) is 0 Å². The Hall–Kier alpha value is -2.41. The van der Waals surface area contributed by atoms with Crippen molar-refractivity contribution < 1.29 is 4.79 Å². The minimum absolute atomic E-state index is 0.410. The van der Waals surface area contributed by atoms with Crippen LogP contribution < -0.4 is 11.1 Å². The summed E-state index contributed by atoms with van der Waals surface area (Å²) < 4.78 is 1.85. The van der Waals surface area contributed by atoms with Crippen LogP contribution in [0.1, 0.15) is 18.3 Å². The number of amides is 1. The van der Waals surface area contributed by atoms with Crippen LogP contribution in [0, 0.1) is 6.92 Å². The van der Waals surface area contributed by atoms with Crippen molar-refractivity contribution in [3.8, 4) is 5.69 Å². The second-order valence-electron chi connectivity index (χ2n) is 6.05. The number of anilines is 1. The van der Waals surface area contributed by atoms with E-state index in [-0.39, 0.29) is 0 Å². The molecule has 0 aliphatic heterocycles. The van der Waals surface area contributed by atoms with E-state index in [1.165, 1.54) is 0 Å². The lowest BCUT2D eigenvalue weighted by Gasteiger charge is -2.25. The second-order valence-corrected chi connectivity index (χ2v) is 6.92. The van der Waals surface area contributed by atoms with Gasteiger partial charge in [0.25, 0.3) is 0 Å². The lowest BCUT2D eigenvalue weighted by molar-refractivity contribution is -0.120. The molecule has 1 unspecified atom stereocenters. The lowest BCUT2D eigenvalue weighted by atomic mass is 9.92. The summed E-state index contributed by atoms with van der Waals surface area (Å²) in [6, 6.07) is 6.62. The number of imidazole rings is 1. The van der Waals surface area contributed by atoms with Crippen molar-refractivity contribution in [2.75, 3.05) is 5.32 Å². The SMILES string of the molecule is Cc1nccn1-c1ccncc1NC(=O)C(C)(N)c1cc(Cl)cc(Cl)c1. The zero-order chi connectivity index (χ0) is 18.9. The van der Waals surface area contributed by atoms with Gasteiger partial charge in [-0.3, -0.25) is 9.78 Å². The standard InChI is InChI=1S/C18H17Cl2N5O/c1-11-23-5-6-25(11)16-3-4-22-10-15(16)24-17(26)18(2,21)12-7-13(19)9-14(20)8-12/h3-10H,21H2,1-2H3,(H,24,26). The number of nitrogens with zero attached hydrogens (tertiary/aromatic N) is 3. The molecular weight excluding hydrogens is 373 g/mol. The van der Waals surface area contributed by atoms with Crippen molar-refractivity contribution in [2.24, 2.45) is 5.73 Å². The van der Waals surface area contributed by atoms with E-state index in [1.54, 1.807) is 56.0 Å². The summed E-state index contributed by atoms with van der Waals surface area (Å²) >= 11 is 12.1. The van der Waals surface area contributed by atoms with Crippen LogP contribution in [0.3, 0.4) is 0 Å². The van der Waals surface area contributed by atoms with Crippen molar-refractivity contribution in [1.29, 1.82) is 0 Å². The fourth-order valence-corrected chi connectivity index (χ4v) is 3.09. The molecule has 6 nitrogen and oxygen atoms in total. The van der Waals surface area contributed by atoms with Gasteiger partial charge >= 0.3 is 0 Å². The minimum atomic E-state index is -1.34. The first-order valence-electron chi connectivity index (χ1n) is 7.80. The largest absolute Gasteiger partial charge is 0.321 e. The molecule has 3 rings (SSSR count). The number of halogens is 2. The maximum absolute atomic E-state index is 12.9. The van der Waals surface area contributed by atoms with Crippen LogP contribution in [0.25, 0.3) is 5.69 Å². The van der Waals surface area contributed by atoms with Gasteiger partial charge in [0.1, 0.15) is 11.4 Å². The normalized spacial score (nSPS) is 13.3. The number of pyridine rings is 1. The predicted molar refractivity (Wildman–Crippen MR) is 103 cm³/mol. The maximum Gasteiger partial charge on any atom is 0.248 e. The molecule has 3 aromatic rings. The summed E-state index contributed by atoms with van der Waals surface area (Å²) in [5, 5.41) is 3.66. The van der Waals surface area contributed by atoms with Crippen LogP contribution in [0.4, 0.5) is 5.69 Å². The smallest absolute Gasteiger partial charge is 0.248 e. The Balaban J connectivity index is 1.94. The number of aryl methyl sites for hydroxylation is 1. The average molecular weight is 390 g/mol. The third kappa shape index (κ3) is 3.58. The monoisotopic (exact) mass is 389 g/mol. The van der Waals surface area contributed by atoms with Crippen LogP contribution in [-0.2, 0) is 10.3 Å². The molecule has 8 heteroatoms. The zero-order valence-electron chi connectivity index (χ0n) is 14.2. The summed E-state index contributed by atoms with van der Waals surface area (Å²) in [5.41, 5.74) is 6.72. The van der Waals surface area contributed by atoms with E-state index in [0.29, 0.717) is 21.3 Å². The van der Waals surface area contributed by atoms with E-state index >= 15 is 0 Å². The predicted octanol–water partition coefficient (Wildman–Crippen LogP) is 3.70. The van der Waals surface area contributed by atoms with Crippen molar-refractivity contribution >= 4 is 34.8 Å². The van der Waals surface area contributed by atoms with Gasteiger partial charge in [-0.05, 0) is 43.7 Å². The molecule has 2 aromatic heterocycles. The van der Waals surface area contributed by atoms with Crippen LogP contribution in [-0.4, -0.2) is 20.4 Å². The minimum Gasteiger partial charge on any atom is -0.321 e. The zero-order valence-corrected chi connectivity index (χ0v) is 15.7. The van der Waals surface area contributed by atoms with Crippen molar-refractivity contribution in [3.63, 3.8) is 0 Å². The number of nitrogens with two attached hydrogens (primary N) is 1. The van der Waals surface area contributed by atoms with E-state index in [1.807, 2.05) is 11.5 Å². The Morgan fingerprint density at radius 2 is 1.92 bits per heavy atom. The molecule has 1 atom stereocenters. The first-order chi connectivity index (χ1) is 12.3. The van der Waals surface area contributed by atoms with Crippen LogP contribution in [0.2, 0.25) is 10.0 Å². The summed E-state index contributed by atoms with van der Waals surface area (Å²) in [4.78, 5) is 21.2. The number of rotatable bonds is 4. The summed E-state index contributed by atoms with van der Waals surface area (Å²) in [5.74, 6) is 0.367. The number of benzene rings is 1. The number of aromatic nitrogens is 3. The van der Waals surface area contributed by atoms with Gasteiger partial charge in [0.05, 0.1) is 17.6 Å². The Morgan fingerprint density at radius 3 is 2.54 bits per heavy atom. The van der Waals surface area contributed by atoms with E-state index in [9.17, 15) is 4.79 Å². The molecule has 0 bridgehead atoms. The fourth-order valence-electron chi connectivity index (χ4n) is 2.56. The van der Waals surface area contributed by atoms with Gasteiger partial charge < -0.3 is 15.6 Å². The highest BCUT2D eigenvalue weighted by atomic mass is 35.5. The van der Waals surface area contributed by atoms with Crippen molar-refractivity contribution in [3.05, 3.63) is 70.5 Å². The lowest BCUT2D eigenvalue weighted by Crippen LogP contribution is -2.45. The number of carbonyl (C=O) groups excluding carboxylic acids is 1. The first-order valence-corrected chi connectivity index (χ1v) is 8.56. The van der Waals surface area contributed by atoms with Crippen LogP contribution >= 0.6 is 23.2 Å². The van der Waals surface area contributed by atoms with Gasteiger partial charge in [-0.15, -0.1) is 0 Å². The highest BCUT2D eigenvalue weighted by molar-refractivity contribution is 6.34. The Bertz CT molecular complexity index is 947. The molecule has 1 amide bonds. The van der Waals surface area contributed by atoms with E-state index < -0.39 is 11.4 Å². The molecule has 3 N–H and O–H groups in total. The van der Waals surface area contributed by atoms with Gasteiger partial charge in [0.15, 0.2) is 0 Å². The highest BCUT2D eigenvalue weighted by Gasteiger charge is 2.32. The Kier molecular flexibility index (Phi) is 5.00. The maximum atomic E-state index is 12.9. The second kappa shape index (κ2) is 7.07. The first kappa shape index (κ1) is 18.4. The molecule has 0 spiro atoms. The van der Waals surface area contributed by atoms with Crippen molar-refractivity contribution in [2.45, 2.75) is 19.4 Å².